The molecule has 5 nitrogen and oxygen atoms in total. The highest BCUT2D eigenvalue weighted by Crippen LogP contribution is 2.39. The van der Waals surface area contributed by atoms with Gasteiger partial charge in [-0.05, 0) is 64.1 Å². The van der Waals surface area contributed by atoms with Gasteiger partial charge in [-0.3, -0.25) is 4.90 Å². The first-order valence-electron chi connectivity index (χ1n) is 9.64. The first kappa shape index (κ1) is 23.2. The van der Waals surface area contributed by atoms with Crippen molar-refractivity contribution in [2.24, 2.45) is 5.92 Å². The predicted octanol–water partition coefficient (Wildman–Crippen LogP) is 4.92. The quantitative estimate of drug-likeness (QED) is 0.521. The van der Waals surface area contributed by atoms with Gasteiger partial charge in [-0.2, -0.15) is 0 Å². The Labute approximate surface area is 160 Å². The molecule has 0 spiro atoms. The van der Waals surface area contributed by atoms with Crippen LogP contribution >= 0.6 is 0 Å². The Kier molecular flexibility index (Phi) is 7.53. The normalized spacial score (nSPS) is 24.7. The first-order valence-corrected chi connectivity index (χ1v) is 12.5. The van der Waals surface area contributed by atoms with E-state index in [0.29, 0.717) is 13.0 Å². The number of nitrogens with zero attached hydrogens (tertiary/aromatic N) is 1. The third-order valence-electron chi connectivity index (χ3n) is 5.50. The van der Waals surface area contributed by atoms with Gasteiger partial charge in [-0.15, -0.1) is 6.58 Å². The molecule has 0 aromatic rings. The van der Waals surface area contributed by atoms with Crippen LogP contribution in [0.5, 0.6) is 0 Å². The highest BCUT2D eigenvalue weighted by Gasteiger charge is 2.46. The third-order valence-corrected chi connectivity index (χ3v) is 10.0. The van der Waals surface area contributed by atoms with Gasteiger partial charge < -0.3 is 14.3 Å². The molecular formula is C20H39NO4Si. The number of hydrogen-bond donors (Lipinski definition) is 1. The summed E-state index contributed by atoms with van der Waals surface area (Å²) < 4.78 is 11.9. The van der Waals surface area contributed by atoms with Crippen molar-refractivity contribution in [3.05, 3.63) is 12.7 Å². The van der Waals surface area contributed by atoms with Gasteiger partial charge in [-0.1, -0.05) is 26.8 Å². The summed E-state index contributed by atoms with van der Waals surface area (Å²) in [6.45, 7) is 20.7. The maximum absolute atomic E-state index is 12.7. The highest BCUT2D eigenvalue weighted by atomic mass is 28.4. The van der Waals surface area contributed by atoms with Crippen LogP contribution in [0.25, 0.3) is 0 Å². The monoisotopic (exact) mass is 385 g/mol. The minimum Gasteiger partial charge on any atom is -0.444 e. The summed E-state index contributed by atoms with van der Waals surface area (Å²) in [6.07, 6.45) is 2.89. The number of hydrogen-bond acceptors (Lipinski definition) is 4. The Balaban J connectivity index is 2.98. The molecule has 1 aliphatic heterocycles. The van der Waals surface area contributed by atoms with Gasteiger partial charge in [0.25, 0.3) is 0 Å². The topological polar surface area (TPSA) is 59.0 Å². The average Bonchev–Trinajstić information content (AvgIpc) is 2.75. The van der Waals surface area contributed by atoms with Crippen molar-refractivity contribution in [3.63, 3.8) is 0 Å². The van der Waals surface area contributed by atoms with Gasteiger partial charge >= 0.3 is 6.09 Å². The lowest BCUT2D eigenvalue weighted by molar-refractivity contribution is -0.0306. The fourth-order valence-corrected chi connectivity index (χ4v) is 3.95. The lowest BCUT2D eigenvalue weighted by atomic mass is 9.95. The van der Waals surface area contributed by atoms with Crippen molar-refractivity contribution >= 4 is 14.4 Å². The molecule has 1 aliphatic rings. The number of carbonyl (C=O) groups excluding carboxylic acids is 1. The van der Waals surface area contributed by atoms with Crippen LogP contribution in [-0.4, -0.2) is 48.9 Å². The number of aliphatic hydroxyl groups is 1. The largest absolute Gasteiger partial charge is 0.444 e. The van der Waals surface area contributed by atoms with Gasteiger partial charge in [0.1, 0.15) is 11.8 Å². The molecule has 0 aromatic heterocycles. The molecule has 1 unspecified atom stereocenters. The van der Waals surface area contributed by atoms with Gasteiger partial charge in [-0.25, -0.2) is 4.79 Å². The molecule has 0 aliphatic carbocycles. The predicted molar refractivity (Wildman–Crippen MR) is 109 cm³/mol. The lowest BCUT2D eigenvalue weighted by Gasteiger charge is -2.39. The molecule has 152 valence electrons. The molecule has 1 N–H and O–H groups in total. The van der Waals surface area contributed by atoms with E-state index in [2.05, 4.69) is 40.4 Å². The maximum Gasteiger partial charge on any atom is 0.412 e. The number of allylic oxidation sites excluding steroid dienone is 1. The molecule has 1 heterocycles. The SMILES string of the molecule is C=CCC[C@H]1CC(O)N(C(=O)OC(C)(C)C)[C@@H]1CO[Si](C)(C)C(C)(C)C. The fourth-order valence-electron chi connectivity index (χ4n) is 2.93. The van der Waals surface area contributed by atoms with E-state index < -0.39 is 26.2 Å². The number of carbonyl (C=O) groups is 1. The van der Waals surface area contributed by atoms with Gasteiger partial charge in [0.15, 0.2) is 8.32 Å². The van der Waals surface area contributed by atoms with Crippen LogP contribution in [0.15, 0.2) is 12.7 Å². The van der Waals surface area contributed by atoms with E-state index in [1.54, 1.807) is 0 Å². The van der Waals surface area contributed by atoms with Crippen molar-refractivity contribution in [1.82, 2.24) is 4.90 Å². The van der Waals surface area contributed by atoms with Crippen molar-refractivity contribution < 1.29 is 19.1 Å². The molecule has 1 amide bonds. The summed E-state index contributed by atoms with van der Waals surface area (Å²) >= 11 is 0. The van der Waals surface area contributed by atoms with Crippen LogP contribution < -0.4 is 0 Å². The summed E-state index contributed by atoms with van der Waals surface area (Å²) in [5.41, 5.74) is -0.596. The number of ether oxygens (including phenoxy) is 1. The second-order valence-electron chi connectivity index (χ2n) is 9.87. The van der Waals surface area contributed by atoms with Crippen LogP contribution in [0.2, 0.25) is 18.1 Å². The second-order valence-corrected chi connectivity index (χ2v) is 14.7. The van der Waals surface area contributed by atoms with Gasteiger partial charge in [0.05, 0.1) is 12.6 Å². The molecule has 1 rings (SSSR count). The Morgan fingerprint density at radius 1 is 1.27 bits per heavy atom. The van der Waals surface area contributed by atoms with Crippen LogP contribution in [0.1, 0.15) is 60.8 Å². The van der Waals surface area contributed by atoms with Crippen LogP contribution in [-0.2, 0) is 9.16 Å². The zero-order valence-corrected chi connectivity index (χ0v) is 19.0. The standard InChI is InChI=1S/C20H39NO4Si/c1-10-11-12-15-13-17(22)21(18(23)25-19(2,3)4)16(15)14-24-26(8,9)20(5,6)7/h10,15-17,22H,1,11-14H2,2-9H3/t15-,16+,17?/m0/s1. The summed E-state index contributed by atoms with van der Waals surface area (Å²) in [7, 11) is -1.95. The number of aliphatic hydroxyl groups excluding tert-OH is 1. The van der Waals surface area contributed by atoms with Crippen LogP contribution in [0.4, 0.5) is 4.79 Å². The summed E-state index contributed by atoms with van der Waals surface area (Å²) in [6, 6.07) is -0.172. The number of likely N-dealkylation sites (tertiary alicyclic amines) is 1. The smallest absolute Gasteiger partial charge is 0.412 e. The maximum atomic E-state index is 12.7. The van der Waals surface area contributed by atoms with Crippen LogP contribution in [0, 0.1) is 5.92 Å². The first-order chi connectivity index (χ1) is 11.7. The summed E-state index contributed by atoms with van der Waals surface area (Å²) in [4.78, 5) is 14.2. The van der Waals surface area contributed by atoms with E-state index in [1.165, 1.54) is 4.90 Å². The Hall–Kier alpha value is -0.853. The van der Waals surface area contributed by atoms with Gasteiger partial charge in [0.2, 0.25) is 0 Å². The molecule has 26 heavy (non-hydrogen) atoms. The molecule has 0 radical (unpaired) electrons. The third kappa shape index (κ3) is 6.10. The molecule has 6 heteroatoms. The van der Waals surface area contributed by atoms with E-state index in [4.69, 9.17) is 9.16 Å². The Morgan fingerprint density at radius 2 is 1.85 bits per heavy atom. The summed E-state index contributed by atoms with van der Waals surface area (Å²) in [5, 5.41) is 10.6. The van der Waals surface area contributed by atoms with E-state index >= 15 is 0 Å². The summed E-state index contributed by atoms with van der Waals surface area (Å²) in [5.74, 6) is 0.181. The molecule has 0 saturated carbocycles. The Bertz CT molecular complexity index is 493. The lowest BCUT2D eigenvalue weighted by Crippen LogP contribution is -2.50. The zero-order chi connectivity index (χ0) is 20.3. The average molecular weight is 386 g/mol. The molecule has 1 saturated heterocycles. The van der Waals surface area contributed by atoms with E-state index in [-0.39, 0.29) is 17.0 Å². The number of rotatable bonds is 6. The van der Waals surface area contributed by atoms with Crippen molar-refractivity contribution in [3.8, 4) is 0 Å². The number of amides is 1. The minimum atomic E-state index is -1.95. The van der Waals surface area contributed by atoms with Gasteiger partial charge in [0, 0.05) is 0 Å². The molecule has 0 aromatic carbocycles. The van der Waals surface area contributed by atoms with Crippen molar-refractivity contribution in [2.45, 2.75) is 96.8 Å². The Morgan fingerprint density at radius 3 is 2.31 bits per heavy atom. The molecule has 3 atom stereocenters. The highest BCUT2D eigenvalue weighted by molar-refractivity contribution is 6.74. The van der Waals surface area contributed by atoms with E-state index in [9.17, 15) is 9.90 Å². The van der Waals surface area contributed by atoms with E-state index in [0.717, 1.165) is 12.8 Å². The molecule has 0 bridgehead atoms. The fraction of sp³-hybridized carbons (Fsp3) is 0.850. The molecular weight excluding hydrogens is 346 g/mol. The van der Waals surface area contributed by atoms with Crippen LogP contribution in [0.3, 0.4) is 0 Å². The molecule has 1 fully saturated rings. The van der Waals surface area contributed by atoms with Crippen molar-refractivity contribution in [2.75, 3.05) is 6.61 Å². The van der Waals surface area contributed by atoms with Crippen molar-refractivity contribution in [1.29, 1.82) is 0 Å². The minimum absolute atomic E-state index is 0.0948. The van der Waals surface area contributed by atoms with E-state index in [1.807, 2.05) is 26.8 Å². The second kappa shape index (κ2) is 8.44. The zero-order valence-electron chi connectivity index (χ0n) is 18.0.